The van der Waals surface area contributed by atoms with Gasteiger partial charge in [0.1, 0.15) is 6.04 Å². The lowest BCUT2D eigenvalue weighted by atomic mass is 9.93. The number of carbonyl (C=O) groups is 2. The molecule has 18 heavy (non-hydrogen) atoms. The fourth-order valence-electron chi connectivity index (χ4n) is 1.74. The van der Waals surface area contributed by atoms with Gasteiger partial charge in [0, 0.05) is 0 Å². The van der Waals surface area contributed by atoms with Crippen molar-refractivity contribution >= 4 is 11.9 Å². The van der Waals surface area contributed by atoms with Crippen LogP contribution in [0.4, 0.5) is 0 Å². The van der Waals surface area contributed by atoms with Crippen LogP contribution in [-0.4, -0.2) is 28.2 Å². The average molecular weight is 251 g/mol. The van der Waals surface area contributed by atoms with Gasteiger partial charge in [-0.2, -0.15) is 0 Å². The van der Waals surface area contributed by atoms with Crippen molar-refractivity contribution in [3.63, 3.8) is 0 Å². The molecular formula is C13H17NO4. The highest BCUT2D eigenvalue weighted by Crippen LogP contribution is 2.15. The first-order chi connectivity index (χ1) is 8.50. The first kappa shape index (κ1) is 14.2. The molecule has 0 aliphatic heterocycles. The van der Waals surface area contributed by atoms with Crippen LogP contribution in [0.3, 0.4) is 0 Å². The van der Waals surface area contributed by atoms with Crippen LogP contribution in [0.15, 0.2) is 30.3 Å². The van der Waals surface area contributed by atoms with E-state index in [0.717, 1.165) is 5.56 Å². The van der Waals surface area contributed by atoms with Crippen LogP contribution in [0.2, 0.25) is 0 Å². The van der Waals surface area contributed by atoms with Crippen LogP contribution in [0, 0.1) is 5.92 Å². The highest BCUT2D eigenvalue weighted by atomic mass is 16.4. The summed E-state index contributed by atoms with van der Waals surface area (Å²) in [7, 11) is 0. The molecule has 5 heteroatoms. The Kier molecular flexibility index (Phi) is 5.32. The summed E-state index contributed by atoms with van der Waals surface area (Å²) in [6.07, 6.45) is 0.946. The lowest BCUT2D eigenvalue weighted by Gasteiger charge is -2.14. The van der Waals surface area contributed by atoms with Crippen molar-refractivity contribution in [3.8, 4) is 0 Å². The molecule has 0 amide bonds. The number of aryl methyl sites for hydroxylation is 1. The number of carboxylic acid groups (broad SMARTS) is 2. The number of benzene rings is 1. The van der Waals surface area contributed by atoms with Crippen LogP contribution in [0.1, 0.15) is 18.4 Å². The molecule has 0 aliphatic carbocycles. The van der Waals surface area contributed by atoms with E-state index in [1.54, 1.807) is 0 Å². The molecule has 0 aromatic heterocycles. The molecule has 1 aromatic carbocycles. The van der Waals surface area contributed by atoms with Crippen molar-refractivity contribution in [1.82, 2.24) is 0 Å². The minimum absolute atomic E-state index is 0.0441. The topological polar surface area (TPSA) is 101 Å². The predicted octanol–water partition coefficient (Wildman–Crippen LogP) is 1.12. The van der Waals surface area contributed by atoms with Gasteiger partial charge in [0.2, 0.25) is 0 Å². The van der Waals surface area contributed by atoms with Crippen molar-refractivity contribution in [3.05, 3.63) is 35.9 Å². The maximum absolute atomic E-state index is 11.0. The molecule has 0 saturated carbocycles. The third-order valence-corrected chi connectivity index (χ3v) is 2.83. The van der Waals surface area contributed by atoms with Crippen LogP contribution >= 0.6 is 0 Å². The number of hydrogen-bond donors (Lipinski definition) is 3. The van der Waals surface area contributed by atoms with Crippen LogP contribution in [-0.2, 0) is 16.0 Å². The maximum atomic E-state index is 11.0. The largest absolute Gasteiger partial charge is 0.481 e. The molecule has 1 aromatic rings. The van der Waals surface area contributed by atoms with Gasteiger partial charge in [-0.25, -0.2) is 0 Å². The summed E-state index contributed by atoms with van der Waals surface area (Å²) in [6.45, 7) is 0. The van der Waals surface area contributed by atoms with Crippen molar-refractivity contribution < 1.29 is 19.8 Å². The number of nitrogens with two attached hydrogens (primary N) is 1. The van der Waals surface area contributed by atoms with Crippen LogP contribution in [0.5, 0.6) is 0 Å². The third-order valence-electron chi connectivity index (χ3n) is 2.83. The molecular weight excluding hydrogens is 234 g/mol. The molecule has 0 aliphatic rings. The monoisotopic (exact) mass is 251 g/mol. The zero-order chi connectivity index (χ0) is 13.5. The van der Waals surface area contributed by atoms with Gasteiger partial charge >= 0.3 is 11.9 Å². The van der Waals surface area contributed by atoms with E-state index >= 15 is 0 Å². The molecule has 0 bridgehead atoms. The van der Waals surface area contributed by atoms with Gasteiger partial charge in [-0.05, 0) is 24.8 Å². The minimum Gasteiger partial charge on any atom is -0.481 e. The Hall–Kier alpha value is -1.88. The zero-order valence-electron chi connectivity index (χ0n) is 9.95. The number of rotatable bonds is 7. The third kappa shape index (κ3) is 4.55. The van der Waals surface area contributed by atoms with Gasteiger partial charge < -0.3 is 15.9 Å². The van der Waals surface area contributed by atoms with E-state index in [1.807, 2.05) is 30.3 Å². The Morgan fingerprint density at radius 3 is 2.22 bits per heavy atom. The van der Waals surface area contributed by atoms with Gasteiger partial charge in [-0.1, -0.05) is 30.3 Å². The smallest absolute Gasteiger partial charge is 0.320 e. The number of carboxylic acids is 2. The first-order valence-corrected chi connectivity index (χ1v) is 5.76. The molecule has 98 valence electrons. The molecule has 0 spiro atoms. The summed E-state index contributed by atoms with van der Waals surface area (Å²) < 4.78 is 0. The summed E-state index contributed by atoms with van der Waals surface area (Å²) in [5, 5.41) is 17.7. The molecule has 0 heterocycles. The molecule has 4 N–H and O–H groups in total. The lowest BCUT2D eigenvalue weighted by Crippen LogP contribution is -2.34. The summed E-state index contributed by atoms with van der Waals surface area (Å²) >= 11 is 0. The number of aliphatic carboxylic acids is 2. The standard InChI is InChI=1S/C13H17NO4/c14-11(13(17)18)8-10(12(15)16)7-6-9-4-2-1-3-5-9/h1-5,10-11H,6-8,14H2,(H,15,16)(H,17,18)/t10?,11-/m1/s1. The Bertz CT molecular complexity index is 405. The molecule has 0 radical (unpaired) electrons. The second kappa shape index (κ2) is 6.76. The normalized spacial score (nSPS) is 13.8. The Labute approximate surface area is 105 Å². The lowest BCUT2D eigenvalue weighted by molar-refractivity contribution is -0.143. The van der Waals surface area contributed by atoms with Crippen molar-refractivity contribution in [2.75, 3.05) is 0 Å². The second-order valence-electron chi connectivity index (χ2n) is 4.24. The quantitative estimate of drug-likeness (QED) is 0.674. The number of hydrogen-bond acceptors (Lipinski definition) is 3. The highest BCUT2D eigenvalue weighted by Gasteiger charge is 2.23. The van der Waals surface area contributed by atoms with E-state index in [9.17, 15) is 9.59 Å². The van der Waals surface area contributed by atoms with E-state index in [-0.39, 0.29) is 6.42 Å². The van der Waals surface area contributed by atoms with Crippen LogP contribution < -0.4 is 5.73 Å². The second-order valence-corrected chi connectivity index (χ2v) is 4.24. The van der Waals surface area contributed by atoms with Gasteiger partial charge in [-0.3, -0.25) is 9.59 Å². The van der Waals surface area contributed by atoms with E-state index < -0.39 is 23.9 Å². The summed E-state index contributed by atoms with van der Waals surface area (Å²) in [5.74, 6) is -2.89. The minimum atomic E-state index is -1.17. The first-order valence-electron chi connectivity index (χ1n) is 5.76. The molecule has 2 atom stereocenters. The fourth-order valence-corrected chi connectivity index (χ4v) is 1.74. The average Bonchev–Trinajstić information content (AvgIpc) is 2.34. The van der Waals surface area contributed by atoms with Gasteiger partial charge in [-0.15, -0.1) is 0 Å². The van der Waals surface area contributed by atoms with E-state index in [4.69, 9.17) is 15.9 Å². The SMILES string of the molecule is N[C@H](CC(CCc1ccccc1)C(=O)O)C(=O)O. The zero-order valence-corrected chi connectivity index (χ0v) is 9.95. The molecule has 5 nitrogen and oxygen atoms in total. The molecule has 0 fully saturated rings. The fraction of sp³-hybridized carbons (Fsp3) is 0.385. The Morgan fingerprint density at radius 2 is 1.72 bits per heavy atom. The van der Waals surface area contributed by atoms with Gasteiger partial charge in [0.25, 0.3) is 0 Å². The highest BCUT2D eigenvalue weighted by molar-refractivity contribution is 5.75. The predicted molar refractivity (Wildman–Crippen MR) is 66.1 cm³/mol. The van der Waals surface area contributed by atoms with E-state index in [2.05, 4.69) is 0 Å². The van der Waals surface area contributed by atoms with Gasteiger partial charge in [0.15, 0.2) is 0 Å². The maximum Gasteiger partial charge on any atom is 0.320 e. The van der Waals surface area contributed by atoms with Gasteiger partial charge in [0.05, 0.1) is 5.92 Å². The molecule has 1 rings (SSSR count). The Balaban J connectivity index is 2.53. The summed E-state index contributed by atoms with van der Waals surface area (Å²) in [5.41, 5.74) is 6.40. The van der Waals surface area contributed by atoms with Crippen molar-refractivity contribution in [1.29, 1.82) is 0 Å². The van der Waals surface area contributed by atoms with E-state index in [1.165, 1.54) is 0 Å². The molecule has 0 saturated heterocycles. The Morgan fingerprint density at radius 1 is 1.11 bits per heavy atom. The molecule has 1 unspecified atom stereocenters. The summed E-state index contributed by atoms with van der Waals surface area (Å²) in [6, 6.07) is 8.36. The van der Waals surface area contributed by atoms with Crippen LogP contribution in [0.25, 0.3) is 0 Å². The van der Waals surface area contributed by atoms with Crippen molar-refractivity contribution in [2.24, 2.45) is 11.7 Å². The summed E-state index contributed by atoms with van der Waals surface area (Å²) in [4.78, 5) is 21.6. The van der Waals surface area contributed by atoms with Crippen molar-refractivity contribution in [2.45, 2.75) is 25.3 Å². The van der Waals surface area contributed by atoms with E-state index in [0.29, 0.717) is 12.8 Å².